The molecule has 2 N–H and O–H groups in total. The van der Waals surface area contributed by atoms with Gasteiger partial charge >= 0.3 is 11.9 Å². The van der Waals surface area contributed by atoms with Crippen LogP contribution in [0.5, 0.6) is 0 Å². The molecular weight excluding hydrogens is 506 g/mol. The number of morpholine rings is 1. The summed E-state index contributed by atoms with van der Waals surface area (Å²) in [5.74, 6) is -3.04. The Balaban J connectivity index is 1.54. The number of aromatic nitrogens is 1. The smallest absolute Gasteiger partial charge is 0.338 e. The Labute approximate surface area is 215 Å². The van der Waals surface area contributed by atoms with Crippen LogP contribution in [0.4, 0.5) is 8.78 Å². The number of carbonyl (C=O) groups excluding carboxylic acids is 1. The molecule has 37 heavy (non-hydrogen) atoms. The van der Waals surface area contributed by atoms with E-state index >= 15 is 0 Å². The molecule has 12 heteroatoms. The number of halogens is 2. The van der Waals surface area contributed by atoms with Gasteiger partial charge in [-0.05, 0) is 36.5 Å². The third-order valence-electron chi connectivity index (χ3n) is 7.00. The number of carboxylic acids is 1. The van der Waals surface area contributed by atoms with Crippen molar-refractivity contribution in [2.75, 3.05) is 26.9 Å². The average molecular weight is 533 g/mol. The molecule has 5 rings (SSSR count). The second-order valence-corrected chi connectivity index (χ2v) is 10.2. The van der Waals surface area contributed by atoms with Crippen LogP contribution in [-0.4, -0.2) is 71.7 Å². The van der Waals surface area contributed by atoms with E-state index in [-0.39, 0.29) is 30.0 Å². The van der Waals surface area contributed by atoms with Gasteiger partial charge in [0.2, 0.25) is 0 Å². The van der Waals surface area contributed by atoms with Gasteiger partial charge in [0.1, 0.15) is 6.04 Å². The molecule has 196 valence electrons. The van der Waals surface area contributed by atoms with Gasteiger partial charge in [0, 0.05) is 42.3 Å². The number of hydrogen-bond donors (Lipinski definition) is 2. The number of amidine groups is 1. The summed E-state index contributed by atoms with van der Waals surface area (Å²) in [5.41, 5.74) is 1.02. The lowest BCUT2D eigenvalue weighted by molar-refractivity contribution is -0.141. The maximum atomic E-state index is 14.2. The number of carbonyl (C=O) groups is 2. The van der Waals surface area contributed by atoms with Gasteiger partial charge in [-0.3, -0.25) is 14.7 Å². The fraction of sp³-hybridized carbons (Fsp3) is 0.440. The molecule has 1 aromatic carbocycles. The maximum absolute atomic E-state index is 14.2. The number of thiazole rings is 1. The monoisotopic (exact) mass is 532 g/mol. The van der Waals surface area contributed by atoms with Crippen molar-refractivity contribution in [3.8, 4) is 0 Å². The Morgan fingerprint density at radius 3 is 2.62 bits per heavy atom. The number of hydrogen-bond acceptors (Lipinski definition) is 9. The maximum Gasteiger partial charge on any atom is 0.338 e. The SMILES string of the molecule is COC(=O)C1=C(CN2C3COCC2CC(CC(=O)O)C3)NC(c2nccs2)=NC1c1ccc(F)c(F)c1. The minimum absolute atomic E-state index is 0.0334. The zero-order valence-electron chi connectivity index (χ0n) is 20.0. The van der Waals surface area contributed by atoms with Crippen molar-refractivity contribution in [3.63, 3.8) is 0 Å². The summed E-state index contributed by atoms with van der Waals surface area (Å²) in [4.78, 5) is 35.6. The zero-order valence-corrected chi connectivity index (χ0v) is 20.8. The predicted molar refractivity (Wildman–Crippen MR) is 130 cm³/mol. The van der Waals surface area contributed by atoms with Crippen molar-refractivity contribution in [1.29, 1.82) is 0 Å². The average Bonchev–Trinajstić information content (AvgIpc) is 3.40. The number of nitrogens with one attached hydrogen (secondary N) is 1. The molecule has 2 fully saturated rings. The summed E-state index contributed by atoms with van der Waals surface area (Å²) in [6.45, 7) is 1.22. The largest absolute Gasteiger partial charge is 0.481 e. The summed E-state index contributed by atoms with van der Waals surface area (Å²) < 4.78 is 38.8. The van der Waals surface area contributed by atoms with Crippen LogP contribution in [0.2, 0.25) is 0 Å². The molecule has 0 amide bonds. The molecule has 3 unspecified atom stereocenters. The minimum Gasteiger partial charge on any atom is -0.481 e. The summed E-state index contributed by atoms with van der Waals surface area (Å²) in [6, 6.07) is 2.43. The fourth-order valence-electron chi connectivity index (χ4n) is 5.40. The number of methoxy groups -OCH3 is 1. The molecule has 3 aliphatic heterocycles. The molecule has 4 heterocycles. The highest BCUT2D eigenvalue weighted by molar-refractivity contribution is 7.11. The van der Waals surface area contributed by atoms with Crippen LogP contribution in [0.25, 0.3) is 0 Å². The van der Waals surface area contributed by atoms with Crippen molar-refractivity contribution < 1.29 is 33.0 Å². The van der Waals surface area contributed by atoms with Gasteiger partial charge in [0.05, 0.1) is 25.9 Å². The Hall–Kier alpha value is -3.22. The first-order valence-corrected chi connectivity index (χ1v) is 12.8. The predicted octanol–water partition coefficient (Wildman–Crippen LogP) is 2.89. The van der Waals surface area contributed by atoms with Crippen LogP contribution in [0, 0.1) is 17.6 Å². The zero-order chi connectivity index (χ0) is 26.1. The molecule has 1 aromatic heterocycles. The number of aliphatic imine (C=N–C) groups is 1. The summed E-state index contributed by atoms with van der Waals surface area (Å²) in [6.07, 6.45) is 3.05. The number of aliphatic carboxylic acids is 1. The summed E-state index contributed by atoms with van der Waals surface area (Å²) >= 11 is 1.35. The second-order valence-electron chi connectivity index (χ2n) is 9.35. The molecule has 2 bridgehead atoms. The molecule has 0 spiro atoms. The Morgan fingerprint density at radius 2 is 2.00 bits per heavy atom. The van der Waals surface area contributed by atoms with E-state index in [0.717, 1.165) is 12.1 Å². The summed E-state index contributed by atoms with van der Waals surface area (Å²) in [5, 5.41) is 14.9. The van der Waals surface area contributed by atoms with Crippen molar-refractivity contribution in [2.45, 2.75) is 37.4 Å². The van der Waals surface area contributed by atoms with Gasteiger partial charge < -0.3 is 19.9 Å². The number of esters is 1. The number of ether oxygens (including phenoxy) is 2. The topological polar surface area (TPSA) is 113 Å². The third kappa shape index (κ3) is 5.27. The van der Waals surface area contributed by atoms with Crippen LogP contribution >= 0.6 is 11.3 Å². The van der Waals surface area contributed by atoms with Gasteiger partial charge in [-0.25, -0.2) is 18.6 Å². The number of fused-ring (bicyclic) bond motifs is 2. The lowest BCUT2D eigenvalue weighted by Crippen LogP contribution is -2.58. The molecule has 0 saturated carbocycles. The highest BCUT2D eigenvalue weighted by Gasteiger charge is 2.42. The van der Waals surface area contributed by atoms with Crippen LogP contribution in [0.1, 0.15) is 35.9 Å². The molecular formula is C25H26F2N4O5S. The van der Waals surface area contributed by atoms with E-state index in [2.05, 4.69) is 20.2 Å². The number of rotatable bonds is 7. The van der Waals surface area contributed by atoms with Gasteiger partial charge in [0.25, 0.3) is 0 Å². The van der Waals surface area contributed by atoms with E-state index in [4.69, 9.17) is 9.47 Å². The number of nitrogens with zero attached hydrogens (tertiary/aromatic N) is 3. The molecule has 0 radical (unpaired) electrons. The Kier molecular flexibility index (Phi) is 7.31. The van der Waals surface area contributed by atoms with E-state index in [1.165, 1.54) is 24.5 Å². The third-order valence-corrected chi connectivity index (χ3v) is 7.78. The highest BCUT2D eigenvalue weighted by Crippen LogP contribution is 2.37. The van der Waals surface area contributed by atoms with Crippen LogP contribution in [0.3, 0.4) is 0 Å². The van der Waals surface area contributed by atoms with Gasteiger partial charge in [-0.2, -0.15) is 0 Å². The van der Waals surface area contributed by atoms with Crippen LogP contribution < -0.4 is 5.32 Å². The molecule has 3 aliphatic rings. The minimum atomic E-state index is -1.04. The van der Waals surface area contributed by atoms with Crippen molar-refractivity contribution in [3.05, 3.63) is 63.3 Å². The number of benzene rings is 1. The first kappa shape index (κ1) is 25.4. The van der Waals surface area contributed by atoms with Gasteiger partial charge in [-0.15, -0.1) is 11.3 Å². The van der Waals surface area contributed by atoms with Crippen molar-refractivity contribution in [1.82, 2.24) is 15.2 Å². The molecule has 2 aromatic rings. The van der Waals surface area contributed by atoms with E-state index < -0.39 is 29.6 Å². The summed E-state index contributed by atoms with van der Waals surface area (Å²) in [7, 11) is 1.26. The molecule has 2 saturated heterocycles. The quantitative estimate of drug-likeness (QED) is 0.524. The fourth-order valence-corrected chi connectivity index (χ4v) is 5.99. The number of carboxylic acid groups (broad SMARTS) is 1. The highest BCUT2D eigenvalue weighted by atomic mass is 32.1. The second kappa shape index (κ2) is 10.6. The first-order chi connectivity index (χ1) is 17.8. The van der Waals surface area contributed by atoms with Gasteiger partial charge in [0.15, 0.2) is 22.5 Å². The van der Waals surface area contributed by atoms with Gasteiger partial charge in [-0.1, -0.05) is 6.07 Å². The normalized spacial score (nSPS) is 25.9. The Morgan fingerprint density at radius 1 is 1.24 bits per heavy atom. The van der Waals surface area contributed by atoms with Crippen LogP contribution in [0.15, 0.2) is 46.0 Å². The standard InChI is InChI=1S/C25H26F2N4O5S/c1-35-25(34)21-19(10-31-15-6-13(8-20(32)33)7-16(31)12-36-11-15)29-23(24-28-4-5-37-24)30-22(21)14-2-3-17(26)18(27)9-14/h2-5,9,13,15-16,22H,6-8,10-12H2,1H3,(H,29,30)(H,32,33). The lowest BCUT2D eigenvalue weighted by atomic mass is 9.82. The molecule has 0 aliphatic carbocycles. The first-order valence-electron chi connectivity index (χ1n) is 11.9. The number of piperidine rings is 1. The molecule has 3 atom stereocenters. The van der Waals surface area contributed by atoms with Crippen LogP contribution in [-0.2, 0) is 19.1 Å². The van der Waals surface area contributed by atoms with E-state index in [9.17, 15) is 23.5 Å². The molecule has 9 nitrogen and oxygen atoms in total. The van der Waals surface area contributed by atoms with E-state index in [1.54, 1.807) is 11.6 Å². The van der Waals surface area contributed by atoms with E-state index in [0.29, 0.717) is 54.7 Å². The lowest BCUT2D eigenvalue weighted by Gasteiger charge is -2.49. The van der Waals surface area contributed by atoms with Crippen molar-refractivity contribution in [2.24, 2.45) is 10.9 Å². The van der Waals surface area contributed by atoms with E-state index in [1.807, 2.05) is 0 Å². The Bertz CT molecular complexity index is 1240. The van der Waals surface area contributed by atoms with Crippen molar-refractivity contribution >= 4 is 29.1 Å².